The molecule has 1 rings (SSSR count). The summed E-state index contributed by atoms with van der Waals surface area (Å²) in [5.74, 6) is 0.00872. The number of aliphatic carboxylic acids is 1. The zero-order valence-electron chi connectivity index (χ0n) is 8.46. The second-order valence-corrected chi connectivity index (χ2v) is 3.27. The molecule has 0 radical (unpaired) electrons. The molecule has 0 atom stereocenters. The van der Waals surface area contributed by atoms with Gasteiger partial charge < -0.3 is 14.8 Å². The molecule has 15 heavy (non-hydrogen) atoms. The fraction of sp³-hybridized carbons (Fsp3) is 0.667. The van der Waals surface area contributed by atoms with Gasteiger partial charge in [-0.3, -0.25) is 4.79 Å². The molecule has 1 aromatic heterocycles. The summed E-state index contributed by atoms with van der Waals surface area (Å²) >= 11 is 0. The Kier molecular flexibility index (Phi) is 4.76. The highest BCUT2D eigenvalue weighted by atomic mass is 16.4. The van der Waals surface area contributed by atoms with Crippen molar-refractivity contribution in [2.24, 2.45) is 0 Å². The molecular formula is C9H15N3O3. The fourth-order valence-electron chi connectivity index (χ4n) is 1.30. The van der Waals surface area contributed by atoms with Gasteiger partial charge in [-0.05, 0) is 12.8 Å². The summed E-state index contributed by atoms with van der Waals surface area (Å²) in [6.45, 7) is 0.738. The van der Waals surface area contributed by atoms with Crippen molar-refractivity contribution in [1.82, 2.24) is 14.8 Å². The van der Waals surface area contributed by atoms with Crippen LogP contribution in [0.1, 0.15) is 25.1 Å². The van der Waals surface area contributed by atoms with Crippen molar-refractivity contribution in [2.45, 2.75) is 32.2 Å². The van der Waals surface area contributed by atoms with E-state index in [2.05, 4.69) is 10.2 Å². The molecule has 0 fully saturated rings. The van der Waals surface area contributed by atoms with Crippen LogP contribution in [0.3, 0.4) is 0 Å². The summed E-state index contributed by atoms with van der Waals surface area (Å²) in [7, 11) is 0. The highest BCUT2D eigenvalue weighted by Gasteiger charge is 2.04. The Hall–Kier alpha value is -1.43. The van der Waals surface area contributed by atoms with Gasteiger partial charge in [-0.15, -0.1) is 10.2 Å². The first-order valence-electron chi connectivity index (χ1n) is 4.93. The largest absolute Gasteiger partial charge is 0.481 e. The molecule has 0 spiro atoms. The first-order chi connectivity index (χ1) is 7.24. The lowest BCUT2D eigenvalue weighted by Gasteiger charge is -2.04. The SMILES string of the molecule is O=C(O)CCCn1cnnc1CCCO. The van der Waals surface area contributed by atoms with E-state index >= 15 is 0 Å². The molecule has 0 aliphatic heterocycles. The maximum absolute atomic E-state index is 10.3. The van der Waals surface area contributed by atoms with E-state index in [4.69, 9.17) is 10.2 Å². The minimum Gasteiger partial charge on any atom is -0.481 e. The fourth-order valence-corrected chi connectivity index (χ4v) is 1.30. The van der Waals surface area contributed by atoms with Crippen LogP contribution in [0.5, 0.6) is 0 Å². The third-order valence-corrected chi connectivity index (χ3v) is 2.04. The number of carbonyl (C=O) groups is 1. The lowest BCUT2D eigenvalue weighted by atomic mass is 10.3. The number of aryl methyl sites for hydroxylation is 2. The average Bonchev–Trinajstić information content (AvgIpc) is 2.62. The van der Waals surface area contributed by atoms with Crippen LogP contribution in [-0.4, -0.2) is 37.6 Å². The van der Waals surface area contributed by atoms with Crippen LogP contribution in [0, 0.1) is 0 Å². The highest BCUT2D eigenvalue weighted by molar-refractivity contribution is 5.66. The molecule has 1 heterocycles. The summed E-state index contributed by atoms with van der Waals surface area (Å²) in [5, 5.41) is 24.8. The van der Waals surface area contributed by atoms with Gasteiger partial charge in [0.05, 0.1) is 0 Å². The molecule has 6 nitrogen and oxygen atoms in total. The van der Waals surface area contributed by atoms with Crippen molar-refractivity contribution in [3.05, 3.63) is 12.2 Å². The topological polar surface area (TPSA) is 88.2 Å². The van der Waals surface area contributed by atoms with Gasteiger partial charge in [0.15, 0.2) is 0 Å². The Balaban J connectivity index is 2.39. The molecule has 84 valence electrons. The van der Waals surface area contributed by atoms with Gasteiger partial charge in [-0.25, -0.2) is 0 Å². The normalized spacial score (nSPS) is 10.5. The van der Waals surface area contributed by atoms with Gasteiger partial charge in [0.25, 0.3) is 0 Å². The predicted molar refractivity (Wildman–Crippen MR) is 52.3 cm³/mol. The lowest BCUT2D eigenvalue weighted by Crippen LogP contribution is -2.06. The van der Waals surface area contributed by atoms with Crippen LogP contribution >= 0.6 is 0 Å². The van der Waals surface area contributed by atoms with Gasteiger partial charge in [0, 0.05) is 26.0 Å². The van der Waals surface area contributed by atoms with Gasteiger partial charge in [0.1, 0.15) is 12.2 Å². The smallest absolute Gasteiger partial charge is 0.303 e. The number of aromatic nitrogens is 3. The van der Waals surface area contributed by atoms with Crippen molar-refractivity contribution >= 4 is 5.97 Å². The second-order valence-electron chi connectivity index (χ2n) is 3.27. The number of hydrogen-bond donors (Lipinski definition) is 2. The van der Waals surface area contributed by atoms with E-state index in [1.807, 2.05) is 4.57 Å². The Bertz CT molecular complexity index is 311. The van der Waals surface area contributed by atoms with Crippen LogP contribution < -0.4 is 0 Å². The Morgan fingerprint density at radius 3 is 2.93 bits per heavy atom. The van der Waals surface area contributed by atoms with E-state index in [9.17, 15) is 4.79 Å². The number of aliphatic hydroxyl groups excluding tert-OH is 1. The maximum atomic E-state index is 10.3. The Morgan fingerprint density at radius 2 is 2.27 bits per heavy atom. The summed E-state index contributed by atoms with van der Waals surface area (Å²) in [4.78, 5) is 10.3. The second kappa shape index (κ2) is 6.13. The van der Waals surface area contributed by atoms with Gasteiger partial charge in [0.2, 0.25) is 0 Å². The molecule has 0 aliphatic rings. The van der Waals surface area contributed by atoms with E-state index in [-0.39, 0.29) is 13.0 Å². The van der Waals surface area contributed by atoms with Crippen LogP contribution in [0.15, 0.2) is 6.33 Å². The minimum absolute atomic E-state index is 0.127. The maximum Gasteiger partial charge on any atom is 0.303 e. The first-order valence-corrected chi connectivity index (χ1v) is 4.93. The van der Waals surface area contributed by atoms with Crippen molar-refractivity contribution in [1.29, 1.82) is 0 Å². The van der Waals surface area contributed by atoms with Gasteiger partial charge in [-0.2, -0.15) is 0 Å². The summed E-state index contributed by atoms with van der Waals surface area (Å²) in [5.41, 5.74) is 0. The number of carboxylic acids is 1. The van der Waals surface area contributed by atoms with Crippen LogP contribution in [0.2, 0.25) is 0 Å². The number of hydrogen-bond acceptors (Lipinski definition) is 4. The molecule has 0 saturated heterocycles. The molecule has 0 aliphatic carbocycles. The molecule has 0 saturated carbocycles. The first kappa shape index (κ1) is 11.6. The highest BCUT2D eigenvalue weighted by Crippen LogP contribution is 2.02. The average molecular weight is 213 g/mol. The monoisotopic (exact) mass is 213 g/mol. The molecule has 1 aromatic rings. The van der Waals surface area contributed by atoms with Crippen molar-refractivity contribution in [3.63, 3.8) is 0 Å². The molecule has 0 amide bonds. The lowest BCUT2D eigenvalue weighted by molar-refractivity contribution is -0.137. The van der Waals surface area contributed by atoms with E-state index in [0.717, 1.165) is 5.82 Å². The molecular weight excluding hydrogens is 198 g/mol. The Labute approximate surface area is 87.6 Å². The number of nitrogens with zero attached hydrogens (tertiary/aromatic N) is 3. The zero-order chi connectivity index (χ0) is 11.1. The van der Waals surface area contributed by atoms with E-state index in [0.29, 0.717) is 25.8 Å². The van der Waals surface area contributed by atoms with Gasteiger partial charge in [-0.1, -0.05) is 0 Å². The molecule has 2 N–H and O–H groups in total. The number of aliphatic hydroxyl groups is 1. The van der Waals surface area contributed by atoms with Crippen LogP contribution in [-0.2, 0) is 17.8 Å². The third kappa shape index (κ3) is 4.07. The predicted octanol–water partition coefficient (Wildman–Crippen LogP) is 0.0678. The zero-order valence-corrected chi connectivity index (χ0v) is 8.46. The minimum atomic E-state index is -0.792. The van der Waals surface area contributed by atoms with E-state index in [1.54, 1.807) is 6.33 Å². The van der Waals surface area contributed by atoms with Crippen molar-refractivity contribution in [3.8, 4) is 0 Å². The summed E-state index contributed by atoms with van der Waals surface area (Å²) in [6, 6.07) is 0. The molecule has 0 aromatic carbocycles. The van der Waals surface area contributed by atoms with Gasteiger partial charge >= 0.3 is 5.97 Å². The summed E-state index contributed by atoms with van der Waals surface area (Å²) < 4.78 is 1.83. The standard InChI is InChI=1S/C9H15N3O3/c13-6-2-3-8-11-10-7-12(8)5-1-4-9(14)15/h7,13H,1-6H2,(H,14,15). The molecule has 6 heteroatoms. The van der Waals surface area contributed by atoms with Crippen LogP contribution in [0.4, 0.5) is 0 Å². The number of carboxylic acid groups (broad SMARTS) is 1. The van der Waals surface area contributed by atoms with E-state index < -0.39 is 5.97 Å². The van der Waals surface area contributed by atoms with E-state index in [1.165, 1.54) is 0 Å². The third-order valence-electron chi connectivity index (χ3n) is 2.04. The quantitative estimate of drug-likeness (QED) is 0.669. The molecule has 0 bridgehead atoms. The molecule has 0 unspecified atom stereocenters. The Morgan fingerprint density at radius 1 is 1.47 bits per heavy atom. The van der Waals surface area contributed by atoms with Crippen LogP contribution in [0.25, 0.3) is 0 Å². The van der Waals surface area contributed by atoms with Crippen molar-refractivity contribution < 1.29 is 15.0 Å². The van der Waals surface area contributed by atoms with Crippen molar-refractivity contribution in [2.75, 3.05) is 6.61 Å². The number of rotatable bonds is 7. The summed E-state index contributed by atoms with van der Waals surface area (Å²) in [6.07, 6.45) is 3.63.